The summed E-state index contributed by atoms with van der Waals surface area (Å²) < 4.78 is 0. The minimum absolute atomic E-state index is 0.119. The van der Waals surface area contributed by atoms with Crippen LogP contribution in [0.25, 0.3) is 0 Å². The van der Waals surface area contributed by atoms with Crippen molar-refractivity contribution in [1.29, 1.82) is 0 Å². The number of aliphatic imine (C=N–C) groups is 1. The van der Waals surface area contributed by atoms with Crippen LogP contribution in [0.3, 0.4) is 0 Å². The van der Waals surface area contributed by atoms with Gasteiger partial charge in [0.15, 0.2) is 5.96 Å². The van der Waals surface area contributed by atoms with Crippen molar-refractivity contribution in [2.24, 2.45) is 10.7 Å². The second-order valence-corrected chi connectivity index (χ2v) is 5.64. The first-order valence-corrected chi connectivity index (χ1v) is 7.48. The number of nitrogens with zero attached hydrogens (tertiary/aromatic N) is 1. The summed E-state index contributed by atoms with van der Waals surface area (Å²) >= 11 is 0. The van der Waals surface area contributed by atoms with Gasteiger partial charge in [0.1, 0.15) is 0 Å². The molecule has 1 aromatic rings. The van der Waals surface area contributed by atoms with E-state index in [1.807, 2.05) is 18.2 Å². The fraction of sp³-hybridized carbons (Fsp3) is 0.500. The predicted molar refractivity (Wildman–Crippen MR) is 86.4 cm³/mol. The van der Waals surface area contributed by atoms with Crippen LogP contribution < -0.4 is 16.4 Å². The fourth-order valence-electron chi connectivity index (χ4n) is 1.97. The lowest BCUT2D eigenvalue weighted by Crippen LogP contribution is -2.25. The molecule has 1 aliphatic rings. The Morgan fingerprint density at radius 1 is 1.33 bits per heavy atom. The maximum absolute atomic E-state index is 11.5. The van der Waals surface area contributed by atoms with Crippen LogP contribution in [0.4, 0.5) is 5.69 Å². The molecule has 5 nitrogen and oxygen atoms in total. The van der Waals surface area contributed by atoms with E-state index in [4.69, 9.17) is 5.73 Å². The van der Waals surface area contributed by atoms with Crippen LogP contribution in [0.15, 0.2) is 23.2 Å². The molecule has 1 saturated carbocycles. The number of hydrogen-bond donors (Lipinski definition) is 3. The monoisotopic (exact) mass is 288 g/mol. The van der Waals surface area contributed by atoms with Gasteiger partial charge in [0.05, 0.1) is 0 Å². The third kappa shape index (κ3) is 5.45. The smallest absolute Gasteiger partial charge is 0.220 e. The second kappa shape index (κ2) is 7.11. The molecule has 0 aromatic heterocycles. The van der Waals surface area contributed by atoms with E-state index < -0.39 is 0 Å². The van der Waals surface area contributed by atoms with Crippen molar-refractivity contribution in [3.05, 3.63) is 29.3 Å². The number of guanidine groups is 1. The molecule has 4 N–H and O–H groups in total. The van der Waals surface area contributed by atoms with Crippen LogP contribution in [0.1, 0.15) is 36.8 Å². The standard InChI is InChI=1S/C16H24N4O/c1-11-5-6-14(10-12(11)2)20-16(17)18-9-3-4-15(21)19-13-7-8-13/h5-6,10,13H,3-4,7-9H2,1-2H3,(H,19,21)(H3,17,18,20). The third-order valence-corrected chi connectivity index (χ3v) is 3.57. The third-order valence-electron chi connectivity index (χ3n) is 3.57. The van der Waals surface area contributed by atoms with Gasteiger partial charge in [0.2, 0.25) is 5.91 Å². The first-order chi connectivity index (χ1) is 10.0. The molecule has 1 amide bonds. The molecule has 2 rings (SSSR count). The van der Waals surface area contributed by atoms with Gasteiger partial charge >= 0.3 is 0 Å². The molecule has 0 spiro atoms. The summed E-state index contributed by atoms with van der Waals surface area (Å²) in [5.41, 5.74) is 9.24. The molecule has 0 saturated heterocycles. The van der Waals surface area contributed by atoms with Crippen molar-refractivity contribution in [1.82, 2.24) is 5.32 Å². The summed E-state index contributed by atoms with van der Waals surface area (Å²) in [4.78, 5) is 15.7. The van der Waals surface area contributed by atoms with Crippen LogP contribution in [0.2, 0.25) is 0 Å². The first kappa shape index (κ1) is 15.4. The van der Waals surface area contributed by atoms with Gasteiger partial charge in [0, 0.05) is 24.7 Å². The Balaban J connectivity index is 1.70. The van der Waals surface area contributed by atoms with Crippen LogP contribution >= 0.6 is 0 Å². The van der Waals surface area contributed by atoms with Crippen LogP contribution in [-0.4, -0.2) is 24.5 Å². The lowest BCUT2D eigenvalue weighted by molar-refractivity contribution is -0.121. The Kier molecular flexibility index (Phi) is 5.20. The highest BCUT2D eigenvalue weighted by Crippen LogP contribution is 2.18. The minimum Gasteiger partial charge on any atom is -0.370 e. The molecule has 0 radical (unpaired) electrons. The first-order valence-electron chi connectivity index (χ1n) is 7.48. The maximum Gasteiger partial charge on any atom is 0.220 e. The zero-order chi connectivity index (χ0) is 15.2. The SMILES string of the molecule is Cc1ccc(NC(N)=NCCCC(=O)NC2CC2)cc1C. The van der Waals surface area contributed by atoms with Crippen molar-refractivity contribution in [2.45, 2.75) is 45.6 Å². The van der Waals surface area contributed by atoms with Gasteiger partial charge in [-0.25, -0.2) is 0 Å². The number of benzene rings is 1. The average Bonchev–Trinajstić information content (AvgIpc) is 3.23. The molecule has 1 aliphatic carbocycles. The molecular weight excluding hydrogens is 264 g/mol. The summed E-state index contributed by atoms with van der Waals surface area (Å²) in [7, 11) is 0. The van der Waals surface area contributed by atoms with Gasteiger partial charge in [-0.3, -0.25) is 9.79 Å². The van der Waals surface area contributed by atoms with E-state index in [1.165, 1.54) is 11.1 Å². The van der Waals surface area contributed by atoms with Crippen molar-refractivity contribution in [2.75, 3.05) is 11.9 Å². The number of nitrogens with two attached hydrogens (primary N) is 1. The normalized spacial score (nSPS) is 14.9. The van der Waals surface area contributed by atoms with Gasteiger partial charge in [0.25, 0.3) is 0 Å². The predicted octanol–water partition coefficient (Wildman–Crippen LogP) is 2.09. The van der Waals surface area contributed by atoms with Crippen molar-refractivity contribution >= 4 is 17.6 Å². The van der Waals surface area contributed by atoms with Crippen molar-refractivity contribution < 1.29 is 4.79 Å². The fourth-order valence-corrected chi connectivity index (χ4v) is 1.97. The largest absolute Gasteiger partial charge is 0.370 e. The van der Waals surface area contributed by atoms with Gasteiger partial charge < -0.3 is 16.4 Å². The number of amides is 1. The Labute approximate surface area is 126 Å². The molecule has 114 valence electrons. The average molecular weight is 288 g/mol. The molecular formula is C16H24N4O. The quantitative estimate of drug-likeness (QED) is 0.426. The van der Waals surface area contributed by atoms with Crippen LogP contribution in [0.5, 0.6) is 0 Å². The van der Waals surface area contributed by atoms with E-state index in [-0.39, 0.29) is 5.91 Å². The zero-order valence-electron chi connectivity index (χ0n) is 12.8. The Morgan fingerprint density at radius 2 is 2.10 bits per heavy atom. The summed E-state index contributed by atoms with van der Waals surface area (Å²) in [5, 5.41) is 6.03. The zero-order valence-corrected chi connectivity index (χ0v) is 12.8. The summed E-state index contributed by atoms with van der Waals surface area (Å²) in [6, 6.07) is 6.50. The highest BCUT2D eigenvalue weighted by Gasteiger charge is 2.22. The number of aryl methyl sites for hydroxylation is 2. The lowest BCUT2D eigenvalue weighted by atomic mass is 10.1. The van der Waals surface area contributed by atoms with Crippen molar-refractivity contribution in [3.63, 3.8) is 0 Å². The van der Waals surface area contributed by atoms with E-state index in [2.05, 4.69) is 29.5 Å². The number of carbonyl (C=O) groups excluding carboxylic acids is 1. The Morgan fingerprint density at radius 3 is 2.76 bits per heavy atom. The Hall–Kier alpha value is -2.04. The van der Waals surface area contributed by atoms with Crippen LogP contribution in [0, 0.1) is 13.8 Å². The van der Waals surface area contributed by atoms with E-state index in [9.17, 15) is 4.79 Å². The second-order valence-electron chi connectivity index (χ2n) is 5.64. The topological polar surface area (TPSA) is 79.5 Å². The van der Waals surface area contributed by atoms with Crippen molar-refractivity contribution in [3.8, 4) is 0 Å². The van der Waals surface area contributed by atoms with E-state index in [0.29, 0.717) is 31.4 Å². The Bertz CT molecular complexity index is 535. The van der Waals surface area contributed by atoms with E-state index >= 15 is 0 Å². The minimum atomic E-state index is 0.119. The molecule has 0 bridgehead atoms. The van der Waals surface area contributed by atoms with E-state index in [1.54, 1.807) is 0 Å². The molecule has 1 aromatic carbocycles. The molecule has 21 heavy (non-hydrogen) atoms. The lowest BCUT2D eigenvalue weighted by Gasteiger charge is -2.08. The molecule has 0 atom stereocenters. The summed E-state index contributed by atoms with van der Waals surface area (Å²) in [6.45, 7) is 4.69. The van der Waals surface area contributed by atoms with E-state index in [0.717, 1.165) is 18.5 Å². The number of hydrogen-bond acceptors (Lipinski definition) is 2. The number of rotatable bonds is 6. The van der Waals surface area contributed by atoms with Gasteiger partial charge in [-0.2, -0.15) is 0 Å². The van der Waals surface area contributed by atoms with Gasteiger partial charge in [-0.15, -0.1) is 0 Å². The van der Waals surface area contributed by atoms with Gasteiger partial charge in [-0.05, 0) is 56.4 Å². The highest BCUT2D eigenvalue weighted by atomic mass is 16.1. The maximum atomic E-state index is 11.5. The highest BCUT2D eigenvalue weighted by molar-refractivity contribution is 5.92. The number of carbonyl (C=O) groups is 1. The molecule has 0 unspecified atom stereocenters. The summed E-state index contributed by atoms with van der Waals surface area (Å²) in [6.07, 6.45) is 3.47. The summed E-state index contributed by atoms with van der Waals surface area (Å²) in [5.74, 6) is 0.509. The molecule has 0 aliphatic heterocycles. The molecule has 1 fully saturated rings. The molecule has 0 heterocycles. The van der Waals surface area contributed by atoms with Gasteiger partial charge in [-0.1, -0.05) is 6.07 Å². The molecule has 5 heteroatoms. The number of anilines is 1. The number of nitrogens with one attached hydrogen (secondary N) is 2. The van der Waals surface area contributed by atoms with Crippen LogP contribution in [-0.2, 0) is 4.79 Å².